The van der Waals surface area contributed by atoms with Gasteiger partial charge in [0.25, 0.3) is 0 Å². The lowest BCUT2D eigenvalue weighted by Crippen LogP contribution is -2.57. The third-order valence-corrected chi connectivity index (χ3v) is 9.00. The van der Waals surface area contributed by atoms with E-state index < -0.39 is 47.7 Å². The molecule has 7 atom stereocenters. The van der Waals surface area contributed by atoms with Crippen molar-refractivity contribution in [2.75, 3.05) is 26.1 Å². The number of likely N-dealkylation sites (N-methyl/N-ethyl adjacent to an activating group) is 1. The molecule has 3 heterocycles. The zero-order valence-corrected chi connectivity index (χ0v) is 26.5. The fourth-order valence-corrected chi connectivity index (χ4v) is 6.01. The molecule has 3 N–H and O–H groups in total. The van der Waals surface area contributed by atoms with Crippen LogP contribution < -0.4 is 20.3 Å². The molecule has 0 aliphatic carbocycles. The topological polar surface area (TPSA) is 139 Å². The van der Waals surface area contributed by atoms with Crippen LogP contribution in [0.3, 0.4) is 0 Å². The molecule has 0 aromatic heterocycles. The van der Waals surface area contributed by atoms with Gasteiger partial charge in [-0.3, -0.25) is 14.9 Å². The van der Waals surface area contributed by atoms with E-state index in [0.717, 1.165) is 11.1 Å². The average molecular weight is 620 g/mol. The molecule has 0 saturated carbocycles. The molecule has 0 radical (unpaired) electrons. The Morgan fingerprint density at radius 2 is 2.05 bits per heavy atom. The van der Waals surface area contributed by atoms with E-state index in [1.165, 1.54) is 12.0 Å². The number of methoxy groups -OCH3 is 1. The number of hydrogen-bond acceptors (Lipinski definition) is 9. The monoisotopic (exact) mass is 619 g/mol. The molecule has 2 amide bonds. The van der Waals surface area contributed by atoms with E-state index in [1.54, 1.807) is 34.0 Å². The molecular weight excluding hydrogens is 578 g/mol. The van der Waals surface area contributed by atoms with Crippen molar-refractivity contribution in [2.45, 2.75) is 89.1 Å². The Bertz CT molecular complexity index is 1320. The van der Waals surface area contributed by atoms with Crippen LogP contribution in [0.1, 0.15) is 52.5 Å². The van der Waals surface area contributed by atoms with E-state index in [2.05, 4.69) is 10.6 Å². The Morgan fingerprint density at radius 1 is 1.33 bits per heavy atom. The first-order chi connectivity index (χ1) is 20.2. The van der Waals surface area contributed by atoms with Crippen molar-refractivity contribution in [2.24, 2.45) is 5.92 Å². The van der Waals surface area contributed by atoms with Crippen LogP contribution in [-0.2, 0) is 30.2 Å². The van der Waals surface area contributed by atoms with Crippen molar-refractivity contribution in [1.82, 2.24) is 10.6 Å². The smallest absolute Gasteiger partial charge is 0.409 e. The molecule has 2 fully saturated rings. The van der Waals surface area contributed by atoms with Gasteiger partial charge in [0.05, 0.1) is 25.3 Å². The van der Waals surface area contributed by atoms with E-state index in [4.69, 9.17) is 30.5 Å². The van der Waals surface area contributed by atoms with Gasteiger partial charge in [-0.05, 0) is 51.9 Å². The number of halogens is 1. The van der Waals surface area contributed by atoms with Crippen LogP contribution in [0, 0.1) is 5.92 Å². The van der Waals surface area contributed by atoms with Gasteiger partial charge in [0.1, 0.15) is 40.3 Å². The van der Waals surface area contributed by atoms with Crippen LogP contribution in [-0.4, -0.2) is 80.0 Å². The fraction of sp³-hybridized carbons (Fsp3) is 0.581. The van der Waals surface area contributed by atoms with Crippen molar-refractivity contribution in [3.63, 3.8) is 0 Å². The van der Waals surface area contributed by atoms with Gasteiger partial charge in [0.2, 0.25) is 5.91 Å². The number of benzene rings is 1. The van der Waals surface area contributed by atoms with Crippen LogP contribution in [0.2, 0.25) is 5.02 Å². The summed E-state index contributed by atoms with van der Waals surface area (Å²) in [5.41, 5.74) is -0.250. The van der Waals surface area contributed by atoms with Crippen molar-refractivity contribution < 1.29 is 38.4 Å². The molecule has 1 aromatic rings. The maximum atomic E-state index is 13.8. The van der Waals surface area contributed by atoms with Gasteiger partial charge < -0.3 is 34.3 Å². The minimum absolute atomic E-state index is 0.121. The second kappa shape index (κ2) is 12.9. The summed E-state index contributed by atoms with van der Waals surface area (Å²) in [6.45, 7) is 7.25. The summed E-state index contributed by atoms with van der Waals surface area (Å²) >= 11 is 6.68. The standard InChI is InChI=1S/C31H42ClN3O8/c1-17-10-8-9-11-31(39)16-23(41-29(38)34-31)18(2)27-30(4,43-27)24(42-28(37)19(3)33-5)15-25(36)35(6)21-13-20(12-17)14-22(40-7)26(21)32/h8-10,13-14,18-19,23-24,27,33,39H,11-12,15-16H2,1-7H3,(H,34,38)/b9-8+,17-10+/t18-,19-,23+,24+,27+,30+,31-/m1/s1. The summed E-state index contributed by atoms with van der Waals surface area (Å²) in [5.74, 6) is -0.856. The van der Waals surface area contributed by atoms with Crippen molar-refractivity contribution in [3.05, 3.63) is 46.5 Å². The molecule has 12 heteroatoms. The Morgan fingerprint density at radius 3 is 2.72 bits per heavy atom. The van der Waals surface area contributed by atoms with Gasteiger partial charge in [-0.1, -0.05) is 42.3 Å². The van der Waals surface area contributed by atoms with Gasteiger partial charge in [-0.15, -0.1) is 0 Å². The lowest BCUT2D eigenvalue weighted by Gasteiger charge is -2.39. The first kappa shape index (κ1) is 32.8. The second-order valence-corrected chi connectivity index (χ2v) is 12.3. The highest BCUT2D eigenvalue weighted by molar-refractivity contribution is 6.35. The largest absolute Gasteiger partial charge is 0.495 e. The molecule has 236 valence electrons. The molecule has 0 unspecified atom stereocenters. The quantitative estimate of drug-likeness (QED) is 0.340. The number of carbonyl (C=O) groups excluding carboxylic acids is 3. The summed E-state index contributed by atoms with van der Waals surface area (Å²) in [7, 11) is 4.76. The van der Waals surface area contributed by atoms with Gasteiger partial charge in [0, 0.05) is 25.8 Å². The number of carbonyl (C=O) groups is 3. The van der Waals surface area contributed by atoms with E-state index >= 15 is 0 Å². The maximum Gasteiger partial charge on any atom is 0.409 e. The number of allylic oxidation sites excluding steroid dienone is 3. The van der Waals surface area contributed by atoms with Crippen LogP contribution in [0.4, 0.5) is 10.5 Å². The minimum atomic E-state index is -1.52. The Labute approximate surface area is 257 Å². The van der Waals surface area contributed by atoms with Crippen LogP contribution in [0.15, 0.2) is 35.9 Å². The Hall–Kier alpha value is -3.12. The number of aliphatic hydroxyl groups is 1. The van der Waals surface area contributed by atoms with Crippen LogP contribution >= 0.6 is 11.6 Å². The number of epoxide rings is 1. The van der Waals surface area contributed by atoms with Gasteiger partial charge in [-0.25, -0.2) is 4.79 Å². The summed E-state index contributed by atoms with van der Waals surface area (Å²) in [4.78, 5) is 40.6. The van der Waals surface area contributed by atoms with E-state index in [0.29, 0.717) is 17.9 Å². The zero-order chi connectivity index (χ0) is 31.7. The highest BCUT2D eigenvalue weighted by Crippen LogP contribution is 2.49. The predicted octanol–water partition coefficient (Wildman–Crippen LogP) is 3.65. The number of alkyl carbamates (subject to hydrolysis) is 1. The highest BCUT2D eigenvalue weighted by atomic mass is 35.5. The number of ether oxygens (including phenoxy) is 4. The Balaban J connectivity index is 1.75. The molecule has 0 spiro atoms. The highest BCUT2D eigenvalue weighted by Gasteiger charge is 2.64. The van der Waals surface area contributed by atoms with Crippen LogP contribution in [0.5, 0.6) is 5.75 Å². The summed E-state index contributed by atoms with van der Waals surface area (Å²) in [6.07, 6.45) is 3.27. The second-order valence-electron chi connectivity index (χ2n) is 11.9. The summed E-state index contributed by atoms with van der Waals surface area (Å²) in [5, 5.41) is 16.9. The molecule has 4 bridgehead atoms. The van der Waals surface area contributed by atoms with Crippen LogP contribution in [0.25, 0.3) is 0 Å². The lowest BCUT2D eigenvalue weighted by molar-refractivity contribution is -0.155. The number of hydrogen-bond donors (Lipinski definition) is 3. The molecule has 1 aromatic carbocycles. The summed E-state index contributed by atoms with van der Waals surface area (Å²) in [6, 6.07) is 3.03. The number of anilines is 1. The average Bonchev–Trinajstić information content (AvgIpc) is 3.65. The molecular formula is C31H42ClN3O8. The molecule has 4 rings (SSSR count). The number of rotatable bonds is 4. The van der Waals surface area contributed by atoms with Crippen molar-refractivity contribution in [1.29, 1.82) is 0 Å². The number of fused-ring (bicyclic) bond motifs is 5. The van der Waals surface area contributed by atoms with Crippen molar-refractivity contribution in [3.8, 4) is 5.75 Å². The Kier molecular flexibility index (Phi) is 9.80. The number of nitrogens with zero attached hydrogens (tertiary/aromatic N) is 1. The van der Waals surface area contributed by atoms with Gasteiger partial charge >= 0.3 is 12.1 Å². The third kappa shape index (κ3) is 7.17. The van der Waals surface area contributed by atoms with Crippen molar-refractivity contribution >= 4 is 35.3 Å². The van der Waals surface area contributed by atoms with E-state index in [-0.39, 0.29) is 36.1 Å². The number of amides is 2. The first-order valence-corrected chi connectivity index (χ1v) is 14.8. The maximum absolute atomic E-state index is 13.8. The lowest BCUT2D eigenvalue weighted by atomic mass is 9.84. The minimum Gasteiger partial charge on any atom is -0.495 e. The van der Waals surface area contributed by atoms with E-state index in [1.807, 2.05) is 38.1 Å². The molecule has 3 aliphatic rings. The third-order valence-electron chi connectivity index (χ3n) is 8.62. The SMILES string of the molecule is CN[C@H](C)C(=O)O[C@H]1CC(=O)N(C)c2cc(cc(OC)c2Cl)C/C(C)=C/C=C/C[C@@]2(O)C[C@H](OC(=O)N2)[C@@H](C)[C@@H]2O[C@@]12C. The predicted molar refractivity (Wildman–Crippen MR) is 161 cm³/mol. The zero-order valence-electron chi connectivity index (χ0n) is 25.7. The number of esters is 1. The normalized spacial score (nSPS) is 34.1. The van der Waals surface area contributed by atoms with E-state index in [9.17, 15) is 19.5 Å². The van der Waals surface area contributed by atoms with Gasteiger partial charge in [0.15, 0.2) is 0 Å². The molecule has 2 saturated heterocycles. The van der Waals surface area contributed by atoms with Gasteiger partial charge in [-0.2, -0.15) is 0 Å². The summed E-state index contributed by atoms with van der Waals surface area (Å²) < 4.78 is 23.2. The molecule has 11 nitrogen and oxygen atoms in total. The first-order valence-electron chi connectivity index (χ1n) is 14.4. The fourth-order valence-electron chi connectivity index (χ4n) is 5.69. The molecule has 3 aliphatic heterocycles. The number of nitrogens with one attached hydrogen (secondary N) is 2. The molecule has 43 heavy (non-hydrogen) atoms.